The van der Waals surface area contributed by atoms with Crippen molar-refractivity contribution < 1.29 is 18.7 Å². The number of aromatic nitrogens is 2. The van der Waals surface area contributed by atoms with Gasteiger partial charge in [-0.2, -0.15) is 5.10 Å². The van der Waals surface area contributed by atoms with Crippen molar-refractivity contribution in [3.8, 4) is 5.75 Å². The molecule has 0 saturated carbocycles. The van der Waals surface area contributed by atoms with Crippen molar-refractivity contribution in [3.05, 3.63) is 24.1 Å². The molecule has 1 atom stereocenters. The number of ether oxygens (including phenoxy) is 2. The summed E-state index contributed by atoms with van der Waals surface area (Å²) in [6, 6.07) is 3.33. The molecule has 0 radical (unpaired) electrons. The Morgan fingerprint density at radius 1 is 1.46 bits per heavy atom. The van der Waals surface area contributed by atoms with Gasteiger partial charge in [-0.15, -0.1) is 0 Å². The van der Waals surface area contributed by atoms with E-state index in [0.29, 0.717) is 30.6 Å². The van der Waals surface area contributed by atoms with E-state index < -0.39 is 11.4 Å². The lowest BCUT2D eigenvalue weighted by atomic mass is 10.1. The van der Waals surface area contributed by atoms with Crippen molar-refractivity contribution in [3.63, 3.8) is 0 Å². The van der Waals surface area contributed by atoms with Crippen LogP contribution >= 0.6 is 0 Å². The average Bonchev–Trinajstić information content (AvgIpc) is 3.14. The van der Waals surface area contributed by atoms with Crippen molar-refractivity contribution in [2.75, 3.05) is 19.7 Å². The first-order valence-corrected chi connectivity index (χ1v) is 8.06. The third-order valence-corrected chi connectivity index (χ3v) is 3.94. The van der Waals surface area contributed by atoms with Gasteiger partial charge in [0.2, 0.25) is 0 Å². The number of hydrogen-bond donors (Lipinski definition) is 1. The van der Waals surface area contributed by atoms with Crippen molar-refractivity contribution in [1.82, 2.24) is 15.1 Å². The predicted molar refractivity (Wildman–Crippen MR) is 87.5 cm³/mol. The minimum absolute atomic E-state index is 0.164. The Labute approximate surface area is 139 Å². The summed E-state index contributed by atoms with van der Waals surface area (Å²) in [5.74, 6) is -0.0418. The van der Waals surface area contributed by atoms with Crippen LogP contribution in [0.2, 0.25) is 0 Å². The summed E-state index contributed by atoms with van der Waals surface area (Å²) in [4.78, 5) is 13.7. The third-order valence-electron chi connectivity index (χ3n) is 3.94. The van der Waals surface area contributed by atoms with Gasteiger partial charge in [0.1, 0.15) is 5.60 Å². The number of amides is 1. The fourth-order valence-electron chi connectivity index (χ4n) is 2.74. The van der Waals surface area contributed by atoms with Crippen LogP contribution in [-0.4, -0.2) is 46.5 Å². The van der Waals surface area contributed by atoms with E-state index in [9.17, 15) is 9.18 Å². The van der Waals surface area contributed by atoms with Crippen LogP contribution in [0.5, 0.6) is 5.75 Å². The topological polar surface area (TPSA) is 67.4 Å². The van der Waals surface area contributed by atoms with Gasteiger partial charge in [0.05, 0.1) is 23.7 Å². The Balaban J connectivity index is 1.56. The van der Waals surface area contributed by atoms with Gasteiger partial charge in [-0.3, -0.25) is 5.10 Å². The summed E-state index contributed by atoms with van der Waals surface area (Å²) >= 11 is 0. The Morgan fingerprint density at radius 2 is 2.25 bits per heavy atom. The van der Waals surface area contributed by atoms with E-state index in [1.54, 1.807) is 17.0 Å². The molecule has 2 heterocycles. The lowest BCUT2D eigenvalue weighted by Crippen LogP contribution is -2.35. The standard InChI is InChI=1S/C17H22FN3O3/c1-17(2,3)24-16(22)21-7-6-11(9-21)10-23-14-5-4-13-12(15(14)18)8-19-20-13/h4-5,8,11H,6-7,9-10H2,1-3H3,(H,19,20)/t11-/m1/s1. The number of hydrogen-bond acceptors (Lipinski definition) is 4. The SMILES string of the molecule is CC(C)(C)OC(=O)N1CC[C@@H](COc2ccc3[nH]ncc3c2F)C1. The van der Waals surface area contributed by atoms with Crippen LogP contribution in [0.4, 0.5) is 9.18 Å². The fourth-order valence-corrected chi connectivity index (χ4v) is 2.74. The summed E-state index contributed by atoms with van der Waals surface area (Å²) in [6.45, 7) is 7.08. The van der Waals surface area contributed by atoms with E-state index in [0.717, 1.165) is 6.42 Å². The van der Waals surface area contributed by atoms with Gasteiger partial charge in [-0.1, -0.05) is 0 Å². The number of nitrogens with one attached hydrogen (secondary N) is 1. The molecule has 0 spiro atoms. The van der Waals surface area contributed by atoms with E-state index in [4.69, 9.17) is 9.47 Å². The highest BCUT2D eigenvalue weighted by Crippen LogP contribution is 2.26. The Hall–Kier alpha value is -2.31. The molecular weight excluding hydrogens is 313 g/mol. The van der Waals surface area contributed by atoms with E-state index in [-0.39, 0.29) is 17.8 Å². The van der Waals surface area contributed by atoms with Crippen LogP contribution in [0.1, 0.15) is 27.2 Å². The second kappa shape index (κ2) is 6.30. The Morgan fingerprint density at radius 3 is 3.00 bits per heavy atom. The van der Waals surface area contributed by atoms with Crippen molar-refractivity contribution in [2.24, 2.45) is 5.92 Å². The maximum absolute atomic E-state index is 14.3. The highest BCUT2D eigenvalue weighted by Gasteiger charge is 2.30. The van der Waals surface area contributed by atoms with Gasteiger partial charge in [-0.05, 0) is 39.3 Å². The van der Waals surface area contributed by atoms with Gasteiger partial charge < -0.3 is 14.4 Å². The highest BCUT2D eigenvalue weighted by atomic mass is 19.1. The molecule has 1 aromatic carbocycles. The molecule has 0 aliphatic carbocycles. The van der Waals surface area contributed by atoms with Crippen molar-refractivity contribution in [2.45, 2.75) is 32.8 Å². The summed E-state index contributed by atoms with van der Waals surface area (Å²) in [6.07, 6.45) is 1.95. The number of benzene rings is 1. The minimum atomic E-state index is -0.505. The summed E-state index contributed by atoms with van der Waals surface area (Å²) < 4.78 is 25.3. The molecule has 130 valence electrons. The lowest BCUT2D eigenvalue weighted by Gasteiger charge is -2.24. The zero-order chi connectivity index (χ0) is 17.3. The fraction of sp³-hybridized carbons (Fsp3) is 0.529. The minimum Gasteiger partial charge on any atom is -0.490 e. The molecule has 1 fully saturated rings. The van der Waals surface area contributed by atoms with Gasteiger partial charge in [0.15, 0.2) is 11.6 Å². The van der Waals surface area contributed by atoms with Gasteiger partial charge in [0.25, 0.3) is 0 Å². The molecule has 7 heteroatoms. The summed E-state index contributed by atoms with van der Waals surface area (Å²) in [5.41, 5.74) is 0.131. The largest absolute Gasteiger partial charge is 0.490 e. The predicted octanol–water partition coefficient (Wildman–Crippen LogP) is 3.34. The summed E-state index contributed by atoms with van der Waals surface area (Å²) in [5, 5.41) is 6.95. The highest BCUT2D eigenvalue weighted by molar-refractivity contribution is 5.80. The number of fused-ring (bicyclic) bond motifs is 1. The normalized spacial score (nSPS) is 18.2. The van der Waals surface area contributed by atoms with Crippen LogP contribution in [-0.2, 0) is 4.74 Å². The molecule has 1 aliphatic heterocycles. The summed E-state index contributed by atoms with van der Waals surface area (Å²) in [7, 11) is 0. The number of carbonyl (C=O) groups excluding carboxylic acids is 1. The van der Waals surface area contributed by atoms with Gasteiger partial charge >= 0.3 is 6.09 Å². The zero-order valence-electron chi connectivity index (χ0n) is 14.1. The monoisotopic (exact) mass is 335 g/mol. The average molecular weight is 335 g/mol. The first-order chi connectivity index (χ1) is 11.3. The Kier molecular flexibility index (Phi) is 4.34. The van der Waals surface area contributed by atoms with E-state index in [1.807, 2.05) is 20.8 Å². The molecule has 1 amide bonds. The van der Waals surface area contributed by atoms with E-state index in [2.05, 4.69) is 10.2 Å². The maximum Gasteiger partial charge on any atom is 0.410 e. The molecule has 3 rings (SSSR count). The Bertz CT molecular complexity index is 738. The molecule has 6 nitrogen and oxygen atoms in total. The van der Waals surface area contributed by atoms with Crippen LogP contribution in [0, 0.1) is 11.7 Å². The molecule has 1 aliphatic rings. The van der Waals surface area contributed by atoms with E-state index >= 15 is 0 Å². The zero-order valence-corrected chi connectivity index (χ0v) is 14.1. The van der Waals surface area contributed by atoms with Crippen molar-refractivity contribution in [1.29, 1.82) is 0 Å². The van der Waals surface area contributed by atoms with Gasteiger partial charge in [-0.25, -0.2) is 9.18 Å². The number of H-pyrrole nitrogens is 1. The van der Waals surface area contributed by atoms with Crippen LogP contribution in [0.3, 0.4) is 0 Å². The number of carbonyl (C=O) groups is 1. The molecule has 1 aromatic heterocycles. The molecule has 24 heavy (non-hydrogen) atoms. The first kappa shape index (κ1) is 16.5. The molecule has 2 aromatic rings. The molecular formula is C17H22FN3O3. The molecule has 1 saturated heterocycles. The number of likely N-dealkylation sites (tertiary alicyclic amines) is 1. The molecule has 0 unspecified atom stereocenters. The molecule has 1 N–H and O–H groups in total. The maximum atomic E-state index is 14.3. The van der Waals surface area contributed by atoms with Crippen molar-refractivity contribution >= 4 is 17.0 Å². The lowest BCUT2D eigenvalue weighted by molar-refractivity contribution is 0.0284. The van der Waals surface area contributed by atoms with Crippen LogP contribution < -0.4 is 4.74 Å². The molecule has 0 bridgehead atoms. The van der Waals surface area contributed by atoms with E-state index in [1.165, 1.54) is 6.20 Å². The quantitative estimate of drug-likeness (QED) is 0.934. The number of rotatable bonds is 3. The number of nitrogens with zero attached hydrogens (tertiary/aromatic N) is 2. The smallest absolute Gasteiger partial charge is 0.410 e. The first-order valence-electron chi connectivity index (χ1n) is 8.06. The number of halogens is 1. The van der Waals surface area contributed by atoms with Crippen LogP contribution in [0.15, 0.2) is 18.3 Å². The van der Waals surface area contributed by atoms with Crippen LogP contribution in [0.25, 0.3) is 10.9 Å². The second-order valence-corrected chi connectivity index (χ2v) is 7.10. The third kappa shape index (κ3) is 3.60. The second-order valence-electron chi connectivity index (χ2n) is 7.10. The van der Waals surface area contributed by atoms with Gasteiger partial charge in [0, 0.05) is 19.0 Å². The number of aromatic amines is 1.